The Bertz CT molecular complexity index is 879. The van der Waals surface area contributed by atoms with Crippen LogP contribution in [0.15, 0.2) is 42.5 Å². The van der Waals surface area contributed by atoms with Crippen molar-refractivity contribution in [1.82, 2.24) is 5.32 Å². The number of amides is 2. The minimum Gasteiger partial charge on any atom is -0.356 e. The molecule has 1 saturated carbocycles. The summed E-state index contributed by atoms with van der Waals surface area (Å²) in [6.45, 7) is 6.75. The van der Waals surface area contributed by atoms with E-state index in [9.17, 15) is 9.59 Å². The molecule has 4 nitrogen and oxygen atoms in total. The van der Waals surface area contributed by atoms with Gasteiger partial charge in [0.05, 0.1) is 11.8 Å². The third kappa shape index (κ3) is 4.93. The highest BCUT2D eigenvalue weighted by Crippen LogP contribution is 2.40. The molecule has 0 aliphatic heterocycles. The first-order chi connectivity index (χ1) is 13.4. The molecule has 0 heterocycles. The van der Waals surface area contributed by atoms with Crippen LogP contribution in [0.5, 0.6) is 0 Å². The van der Waals surface area contributed by atoms with Crippen molar-refractivity contribution in [1.29, 1.82) is 0 Å². The molecule has 28 heavy (non-hydrogen) atoms. The second-order valence-corrected chi connectivity index (χ2v) is 8.24. The minimum atomic E-state index is -0.245. The zero-order valence-corrected chi connectivity index (χ0v) is 17.3. The van der Waals surface area contributed by atoms with Gasteiger partial charge in [-0.25, -0.2) is 0 Å². The number of hydrogen-bond acceptors (Lipinski definition) is 2. The lowest BCUT2D eigenvalue weighted by Crippen LogP contribution is -2.29. The summed E-state index contributed by atoms with van der Waals surface area (Å²) in [5, 5.41) is 6.70. The normalized spacial score (nSPS) is 18.0. The van der Waals surface area contributed by atoms with Crippen molar-refractivity contribution >= 4 is 29.1 Å². The number of benzene rings is 2. The summed E-state index contributed by atoms with van der Waals surface area (Å²) < 4.78 is 0. The van der Waals surface area contributed by atoms with Gasteiger partial charge in [0.1, 0.15) is 0 Å². The number of aryl methyl sites for hydroxylation is 1. The van der Waals surface area contributed by atoms with Gasteiger partial charge >= 0.3 is 0 Å². The Morgan fingerprint density at radius 3 is 2.54 bits per heavy atom. The van der Waals surface area contributed by atoms with Crippen LogP contribution in [0.2, 0.25) is 5.02 Å². The van der Waals surface area contributed by atoms with Crippen LogP contribution < -0.4 is 10.6 Å². The Labute approximate surface area is 171 Å². The standard InChI is InChI=1S/C23H27ClN2O2/c1-14(2)18-9-4-6-15(3)21(18)26-23(28)20-13-19(20)22(27)25-11-10-16-7-5-8-17(24)12-16/h4-9,12,14,19-20H,10-11,13H2,1-3H3,(H,25,27)(H,26,28). The van der Waals surface area contributed by atoms with Crippen LogP contribution in [0.25, 0.3) is 0 Å². The third-order valence-electron chi connectivity index (χ3n) is 5.24. The Hall–Kier alpha value is -2.33. The molecule has 2 N–H and O–H groups in total. The van der Waals surface area contributed by atoms with Gasteiger partial charge in [-0.2, -0.15) is 0 Å². The fourth-order valence-corrected chi connectivity index (χ4v) is 3.70. The van der Waals surface area contributed by atoms with E-state index in [0.29, 0.717) is 23.9 Å². The lowest BCUT2D eigenvalue weighted by Gasteiger charge is -2.16. The van der Waals surface area contributed by atoms with Crippen LogP contribution in [0.4, 0.5) is 5.69 Å². The predicted molar refractivity (Wildman–Crippen MR) is 114 cm³/mol. The highest BCUT2D eigenvalue weighted by atomic mass is 35.5. The summed E-state index contributed by atoms with van der Waals surface area (Å²) in [5.41, 5.74) is 4.13. The summed E-state index contributed by atoms with van der Waals surface area (Å²) in [5.74, 6) is -0.265. The van der Waals surface area contributed by atoms with Crippen LogP contribution in [0, 0.1) is 18.8 Å². The van der Waals surface area contributed by atoms with Crippen LogP contribution in [-0.4, -0.2) is 18.4 Å². The summed E-state index contributed by atoms with van der Waals surface area (Å²) >= 11 is 5.98. The Balaban J connectivity index is 1.51. The molecular weight excluding hydrogens is 372 g/mol. The maximum atomic E-state index is 12.6. The maximum Gasteiger partial charge on any atom is 0.228 e. The van der Waals surface area contributed by atoms with E-state index in [1.54, 1.807) is 0 Å². The number of anilines is 1. The summed E-state index contributed by atoms with van der Waals surface area (Å²) in [6.07, 6.45) is 1.33. The summed E-state index contributed by atoms with van der Waals surface area (Å²) in [6, 6.07) is 13.7. The van der Waals surface area contributed by atoms with Gasteiger partial charge in [0.25, 0.3) is 0 Å². The quantitative estimate of drug-likeness (QED) is 0.709. The van der Waals surface area contributed by atoms with Crippen molar-refractivity contribution in [3.63, 3.8) is 0 Å². The predicted octanol–water partition coefficient (Wildman–Crippen LogP) is 4.71. The number of halogens is 1. The van der Waals surface area contributed by atoms with Crippen LogP contribution in [0.3, 0.4) is 0 Å². The average Bonchev–Trinajstić information content (AvgIpc) is 3.44. The van der Waals surface area contributed by atoms with Gasteiger partial charge < -0.3 is 10.6 Å². The highest BCUT2D eigenvalue weighted by Gasteiger charge is 2.48. The molecule has 0 aromatic heterocycles. The van der Waals surface area contributed by atoms with Gasteiger partial charge in [-0.1, -0.05) is 55.8 Å². The second-order valence-electron chi connectivity index (χ2n) is 7.80. The van der Waals surface area contributed by atoms with E-state index in [0.717, 1.165) is 28.8 Å². The van der Waals surface area contributed by atoms with E-state index in [4.69, 9.17) is 11.6 Å². The minimum absolute atomic E-state index is 0.0453. The van der Waals surface area contributed by atoms with Gasteiger partial charge in [-0.05, 0) is 54.5 Å². The smallest absolute Gasteiger partial charge is 0.228 e. The molecule has 5 heteroatoms. The number of para-hydroxylation sites is 1. The van der Waals surface area contributed by atoms with Gasteiger partial charge in [0.2, 0.25) is 11.8 Å². The molecule has 1 aliphatic carbocycles. The van der Waals surface area contributed by atoms with Crippen molar-refractivity contribution < 1.29 is 9.59 Å². The molecule has 0 radical (unpaired) electrons. The van der Waals surface area contributed by atoms with E-state index in [1.165, 1.54) is 0 Å². The number of rotatable bonds is 7. The van der Waals surface area contributed by atoms with E-state index >= 15 is 0 Å². The zero-order valence-electron chi connectivity index (χ0n) is 16.6. The molecule has 0 saturated heterocycles. The molecule has 1 fully saturated rings. The highest BCUT2D eigenvalue weighted by molar-refractivity contribution is 6.30. The molecule has 2 atom stereocenters. The van der Waals surface area contributed by atoms with Crippen molar-refractivity contribution in [3.8, 4) is 0 Å². The zero-order chi connectivity index (χ0) is 20.3. The van der Waals surface area contributed by atoms with Crippen molar-refractivity contribution in [2.24, 2.45) is 11.8 Å². The van der Waals surface area contributed by atoms with Gasteiger partial charge in [0, 0.05) is 17.3 Å². The SMILES string of the molecule is Cc1cccc(C(C)C)c1NC(=O)C1CC1C(=O)NCCc1cccc(Cl)c1. The number of carbonyl (C=O) groups excluding carboxylic acids is 2. The third-order valence-corrected chi connectivity index (χ3v) is 5.48. The molecule has 0 spiro atoms. The molecule has 2 amide bonds. The topological polar surface area (TPSA) is 58.2 Å². The average molecular weight is 399 g/mol. The van der Waals surface area contributed by atoms with E-state index in [2.05, 4.69) is 24.5 Å². The molecular formula is C23H27ClN2O2. The molecule has 2 aromatic carbocycles. The van der Waals surface area contributed by atoms with E-state index in [1.807, 2.05) is 49.4 Å². The Morgan fingerprint density at radius 1 is 1.11 bits per heavy atom. The van der Waals surface area contributed by atoms with Crippen LogP contribution in [-0.2, 0) is 16.0 Å². The number of nitrogens with one attached hydrogen (secondary N) is 2. The van der Waals surface area contributed by atoms with Crippen LogP contribution >= 0.6 is 11.6 Å². The number of carbonyl (C=O) groups is 2. The fourth-order valence-electron chi connectivity index (χ4n) is 3.49. The Morgan fingerprint density at radius 2 is 1.82 bits per heavy atom. The number of hydrogen-bond donors (Lipinski definition) is 2. The second kappa shape index (κ2) is 8.78. The maximum absolute atomic E-state index is 12.6. The first-order valence-electron chi connectivity index (χ1n) is 9.79. The van der Waals surface area contributed by atoms with Crippen LogP contribution in [0.1, 0.15) is 42.9 Å². The van der Waals surface area contributed by atoms with E-state index in [-0.39, 0.29) is 23.7 Å². The fraction of sp³-hybridized carbons (Fsp3) is 0.391. The van der Waals surface area contributed by atoms with Crippen molar-refractivity contribution in [2.45, 2.75) is 39.5 Å². The van der Waals surface area contributed by atoms with Crippen molar-refractivity contribution in [2.75, 3.05) is 11.9 Å². The van der Waals surface area contributed by atoms with Gasteiger partial charge in [0.15, 0.2) is 0 Å². The molecule has 148 valence electrons. The van der Waals surface area contributed by atoms with Gasteiger partial charge in [-0.3, -0.25) is 9.59 Å². The summed E-state index contributed by atoms with van der Waals surface area (Å²) in [4.78, 5) is 25.0. The Kier molecular flexibility index (Phi) is 6.40. The monoisotopic (exact) mass is 398 g/mol. The largest absolute Gasteiger partial charge is 0.356 e. The summed E-state index contributed by atoms with van der Waals surface area (Å²) in [7, 11) is 0. The first-order valence-corrected chi connectivity index (χ1v) is 10.2. The first kappa shape index (κ1) is 20.4. The molecule has 3 rings (SSSR count). The molecule has 2 aromatic rings. The van der Waals surface area contributed by atoms with Crippen molar-refractivity contribution in [3.05, 3.63) is 64.2 Å². The molecule has 0 bridgehead atoms. The van der Waals surface area contributed by atoms with Gasteiger partial charge in [-0.15, -0.1) is 0 Å². The van der Waals surface area contributed by atoms with E-state index < -0.39 is 0 Å². The molecule has 2 unspecified atom stereocenters. The molecule has 1 aliphatic rings. The lowest BCUT2D eigenvalue weighted by molar-refractivity contribution is -0.125. The lowest BCUT2D eigenvalue weighted by atomic mass is 9.98.